The van der Waals surface area contributed by atoms with Gasteiger partial charge in [0.25, 0.3) is 5.56 Å². The number of carbonyl (C=O) groups is 1. The number of carboxylic acids is 1. The Morgan fingerprint density at radius 3 is 2.89 bits per heavy atom. The van der Waals surface area contributed by atoms with Crippen molar-refractivity contribution in [3.05, 3.63) is 46.3 Å². The van der Waals surface area contributed by atoms with Crippen LogP contribution in [0.2, 0.25) is 0 Å². The second-order valence-corrected chi connectivity index (χ2v) is 3.65. The Balaban J connectivity index is 2.63. The Bertz CT molecular complexity index is 685. The highest BCUT2D eigenvalue weighted by atomic mass is 16.5. The van der Waals surface area contributed by atoms with Gasteiger partial charge in [0, 0.05) is 17.0 Å². The number of hydrogen-bond donors (Lipinski definition) is 2. The molecule has 0 aliphatic rings. The number of aromatic nitrogens is 1. The number of para-hydroxylation sites is 1. The third-order valence-electron chi connectivity index (χ3n) is 2.50. The number of aliphatic carboxylic acids is 1. The molecule has 5 heteroatoms. The molecule has 0 amide bonds. The number of fused-ring (bicyclic) bond motifs is 1. The number of ether oxygens (including phenoxy) is 1. The van der Waals surface area contributed by atoms with Crippen molar-refractivity contribution in [2.45, 2.75) is 0 Å². The smallest absolute Gasteiger partial charge is 0.328 e. The van der Waals surface area contributed by atoms with Crippen LogP contribution in [-0.4, -0.2) is 23.2 Å². The summed E-state index contributed by atoms with van der Waals surface area (Å²) in [6, 6.07) is 6.97. The summed E-state index contributed by atoms with van der Waals surface area (Å²) in [6.45, 7) is 0. The Morgan fingerprint density at radius 2 is 2.22 bits per heavy atom. The SMILES string of the molecule is COc1cccc2cc(/C=C/C(=O)O)c(=O)[nH]c12. The molecule has 0 radical (unpaired) electrons. The van der Waals surface area contributed by atoms with E-state index >= 15 is 0 Å². The van der Waals surface area contributed by atoms with Gasteiger partial charge in [-0.3, -0.25) is 4.79 Å². The third-order valence-corrected chi connectivity index (χ3v) is 2.50. The van der Waals surface area contributed by atoms with E-state index < -0.39 is 5.97 Å². The predicted molar refractivity (Wildman–Crippen MR) is 67.8 cm³/mol. The summed E-state index contributed by atoms with van der Waals surface area (Å²) in [4.78, 5) is 24.9. The first-order valence-corrected chi connectivity index (χ1v) is 5.23. The van der Waals surface area contributed by atoms with Gasteiger partial charge in [-0.05, 0) is 18.2 Å². The molecule has 1 aromatic carbocycles. The summed E-state index contributed by atoms with van der Waals surface area (Å²) >= 11 is 0. The molecular formula is C13H11NO4. The van der Waals surface area contributed by atoms with Gasteiger partial charge in [0.05, 0.1) is 12.6 Å². The molecule has 1 heterocycles. The molecule has 18 heavy (non-hydrogen) atoms. The molecule has 2 aromatic rings. The van der Waals surface area contributed by atoms with Crippen molar-refractivity contribution in [1.82, 2.24) is 4.98 Å². The van der Waals surface area contributed by atoms with Crippen molar-refractivity contribution in [2.24, 2.45) is 0 Å². The number of carboxylic acid groups (broad SMARTS) is 1. The fraction of sp³-hybridized carbons (Fsp3) is 0.0769. The molecule has 0 fully saturated rings. The minimum Gasteiger partial charge on any atom is -0.495 e. The molecule has 0 unspecified atom stereocenters. The highest BCUT2D eigenvalue weighted by Gasteiger charge is 2.04. The molecule has 0 bridgehead atoms. The molecule has 5 nitrogen and oxygen atoms in total. The molecule has 0 atom stereocenters. The summed E-state index contributed by atoms with van der Waals surface area (Å²) in [6.07, 6.45) is 2.19. The minimum atomic E-state index is -1.10. The zero-order chi connectivity index (χ0) is 13.1. The average molecular weight is 245 g/mol. The van der Waals surface area contributed by atoms with Crippen LogP contribution in [0.25, 0.3) is 17.0 Å². The molecule has 2 rings (SSSR count). The maximum atomic E-state index is 11.8. The van der Waals surface area contributed by atoms with Crippen LogP contribution in [0.1, 0.15) is 5.56 Å². The van der Waals surface area contributed by atoms with Crippen LogP contribution in [0, 0.1) is 0 Å². The van der Waals surface area contributed by atoms with E-state index in [0.29, 0.717) is 11.3 Å². The Kier molecular flexibility index (Phi) is 3.14. The van der Waals surface area contributed by atoms with E-state index in [4.69, 9.17) is 9.84 Å². The third kappa shape index (κ3) is 2.24. The number of H-pyrrole nitrogens is 1. The number of methoxy groups -OCH3 is 1. The topological polar surface area (TPSA) is 79.4 Å². The molecule has 0 aliphatic heterocycles. The first-order valence-electron chi connectivity index (χ1n) is 5.23. The maximum absolute atomic E-state index is 11.8. The van der Waals surface area contributed by atoms with Gasteiger partial charge < -0.3 is 14.8 Å². The second kappa shape index (κ2) is 4.75. The van der Waals surface area contributed by atoms with E-state index in [1.807, 2.05) is 6.07 Å². The van der Waals surface area contributed by atoms with Crippen LogP contribution >= 0.6 is 0 Å². The summed E-state index contributed by atoms with van der Waals surface area (Å²) in [5.74, 6) is -0.529. The van der Waals surface area contributed by atoms with Crippen molar-refractivity contribution >= 4 is 22.9 Å². The lowest BCUT2D eigenvalue weighted by atomic mass is 10.1. The molecule has 0 saturated carbocycles. The number of pyridine rings is 1. The number of rotatable bonds is 3. The van der Waals surface area contributed by atoms with Crippen LogP contribution in [0.3, 0.4) is 0 Å². The van der Waals surface area contributed by atoms with Crippen LogP contribution in [0.5, 0.6) is 5.75 Å². The number of benzene rings is 1. The molecule has 2 N–H and O–H groups in total. The molecule has 1 aromatic heterocycles. The van der Waals surface area contributed by atoms with Crippen LogP contribution in [0.15, 0.2) is 35.1 Å². The quantitative estimate of drug-likeness (QED) is 0.805. The second-order valence-electron chi connectivity index (χ2n) is 3.65. The fourth-order valence-corrected chi connectivity index (χ4v) is 1.68. The number of hydrogen-bond acceptors (Lipinski definition) is 3. The highest BCUT2D eigenvalue weighted by Crippen LogP contribution is 2.22. The largest absolute Gasteiger partial charge is 0.495 e. The zero-order valence-corrected chi connectivity index (χ0v) is 9.64. The summed E-state index contributed by atoms with van der Waals surface area (Å²) in [7, 11) is 1.52. The van der Waals surface area contributed by atoms with Crippen molar-refractivity contribution in [2.75, 3.05) is 7.11 Å². The van der Waals surface area contributed by atoms with Gasteiger partial charge in [-0.15, -0.1) is 0 Å². The van der Waals surface area contributed by atoms with Gasteiger partial charge >= 0.3 is 5.97 Å². The van der Waals surface area contributed by atoms with Gasteiger partial charge in [0.1, 0.15) is 5.75 Å². The monoisotopic (exact) mass is 245 g/mol. The van der Waals surface area contributed by atoms with E-state index in [1.54, 1.807) is 18.2 Å². The van der Waals surface area contributed by atoms with E-state index in [2.05, 4.69) is 4.98 Å². The van der Waals surface area contributed by atoms with Crippen molar-refractivity contribution in [1.29, 1.82) is 0 Å². The minimum absolute atomic E-state index is 0.290. The Hall–Kier alpha value is -2.56. The van der Waals surface area contributed by atoms with Gasteiger partial charge in [0.15, 0.2) is 0 Å². The normalized spacial score (nSPS) is 10.9. The van der Waals surface area contributed by atoms with E-state index in [-0.39, 0.29) is 11.1 Å². The van der Waals surface area contributed by atoms with Crippen molar-refractivity contribution in [3.63, 3.8) is 0 Å². The zero-order valence-electron chi connectivity index (χ0n) is 9.64. The first-order chi connectivity index (χ1) is 8.61. The fourth-order valence-electron chi connectivity index (χ4n) is 1.68. The molecular weight excluding hydrogens is 234 g/mol. The van der Waals surface area contributed by atoms with E-state index in [9.17, 15) is 9.59 Å². The van der Waals surface area contributed by atoms with Crippen LogP contribution < -0.4 is 10.3 Å². The van der Waals surface area contributed by atoms with Crippen LogP contribution in [-0.2, 0) is 4.79 Å². The molecule has 92 valence electrons. The van der Waals surface area contributed by atoms with Gasteiger partial charge in [0.2, 0.25) is 0 Å². The maximum Gasteiger partial charge on any atom is 0.328 e. The lowest BCUT2D eigenvalue weighted by Gasteiger charge is -2.05. The highest BCUT2D eigenvalue weighted by molar-refractivity contribution is 5.88. The molecule has 0 saturated heterocycles. The van der Waals surface area contributed by atoms with Crippen LogP contribution in [0.4, 0.5) is 0 Å². The standard InChI is InChI=1S/C13H11NO4/c1-18-10-4-2-3-8-7-9(5-6-11(15)16)13(17)14-12(8)10/h2-7H,1H3,(H,14,17)(H,15,16)/b6-5+. The molecule has 0 spiro atoms. The van der Waals surface area contributed by atoms with E-state index in [0.717, 1.165) is 11.5 Å². The summed E-state index contributed by atoms with van der Waals surface area (Å²) in [5, 5.41) is 9.32. The van der Waals surface area contributed by atoms with Gasteiger partial charge in [-0.1, -0.05) is 12.1 Å². The lowest BCUT2D eigenvalue weighted by molar-refractivity contribution is -0.131. The summed E-state index contributed by atoms with van der Waals surface area (Å²) < 4.78 is 5.14. The Labute approximate surface area is 102 Å². The van der Waals surface area contributed by atoms with Crippen molar-refractivity contribution < 1.29 is 14.6 Å². The average Bonchev–Trinajstić information content (AvgIpc) is 2.35. The van der Waals surface area contributed by atoms with Crippen molar-refractivity contribution in [3.8, 4) is 5.75 Å². The lowest BCUT2D eigenvalue weighted by Crippen LogP contribution is -2.09. The van der Waals surface area contributed by atoms with Gasteiger partial charge in [-0.25, -0.2) is 4.79 Å². The first kappa shape index (κ1) is 11.9. The summed E-state index contributed by atoms with van der Waals surface area (Å²) in [5.41, 5.74) is 0.528. The number of nitrogens with one attached hydrogen (secondary N) is 1. The predicted octanol–water partition coefficient (Wildman–Crippen LogP) is 1.63. The van der Waals surface area contributed by atoms with Gasteiger partial charge in [-0.2, -0.15) is 0 Å². The molecule has 0 aliphatic carbocycles. The number of aromatic amines is 1. The Morgan fingerprint density at radius 1 is 1.44 bits per heavy atom. The van der Waals surface area contributed by atoms with E-state index in [1.165, 1.54) is 13.2 Å².